The van der Waals surface area contributed by atoms with Gasteiger partial charge in [-0.15, -0.1) is 0 Å². The first-order valence-electron chi connectivity index (χ1n) is 9.08. The van der Waals surface area contributed by atoms with E-state index >= 15 is 0 Å². The van der Waals surface area contributed by atoms with Crippen molar-refractivity contribution in [3.05, 3.63) is 47.5 Å². The summed E-state index contributed by atoms with van der Waals surface area (Å²) in [5.41, 5.74) is 2.37. The van der Waals surface area contributed by atoms with E-state index in [0.29, 0.717) is 25.1 Å². The Morgan fingerprint density at radius 2 is 2.15 bits per heavy atom. The van der Waals surface area contributed by atoms with Crippen LogP contribution in [0.25, 0.3) is 0 Å². The van der Waals surface area contributed by atoms with Gasteiger partial charge in [0.25, 0.3) is 5.91 Å². The predicted octanol–water partition coefficient (Wildman–Crippen LogP) is 1.92. The van der Waals surface area contributed by atoms with Gasteiger partial charge in [-0.3, -0.25) is 19.3 Å². The Morgan fingerprint density at radius 1 is 1.38 bits per heavy atom. The Hall–Kier alpha value is -2.70. The van der Waals surface area contributed by atoms with Crippen molar-refractivity contribution in [3.8, 4) is 0 Å². The summed E-state index contributed by atoms with van der Waals surface area (Å²) < 4.78 is 1.82. The molecule has 0 bridgehead atoms. The lowest BCUT2D eigenvalue weighted by Crippen LogP contribution is -2.41. The Morgan fingerprint density at radius 3 is 2.81 bits per heavy atom. The number of aryl methyl sites for hydroxylation is 2. The number of pyridine rings is 1. The molecule has 1 aliphatic rings. The van der Waals surface area contributed by atoms with Gasteiger partial charge in [-0.05, 0) is 37.5 Å². The van der Waals surface area contributed by atoms with Gasteiger partial charge in [-0.1, -0.05) is 6.92 Å². The molecule has 3 rings (SSSR count). The van der Waals surface area contributed by atoms with E-state index in [-0.39, 0.29) is 17.9 Å². The van der Waals surface area contributed by atoms with Crippen LogP contribution in [0.5, 0.6) is 0 Å². The zero-order chi connectivity index (χ0) is 18.5. The van der Waals surface area contributed by atoms with Gasteiger partial charge in [0.05, 0.1) is 11.3 Å². The van der Waals surface area contributed by atoms with Crippen molar-refractivity contribution in [1.82, 2.24) is 25.0 Å². The molecule has 3 heterocycles. The maximum Gasteiger partial charge on any atom is 0.257 e. The Kier molecular flexibility index (Phi) is 5.65. The van der Waals surface area contributed by atoms with E-state index in [1.165, 1.54) is 0 Å². The molecular weight excluding hydrogens is 330 g/mol. The highest BCUT2D eigenvalue weighted by Crippen LogP contribution is 2.16. The van der Waals surface area contributed by atoms with Crippen LogP contribution in [0.3, 0.4) is 0 Å². The second kappa shape index (κ2) is 8.12. The molecule has 2 amide bonds. The molecule has 26 heavy (non-hydrogen) atoms. The smallest absolute Gasteiger partial charge is 0.257 e. The maximum absolute atomic E-state index is 13.2. The van der Waals surface area contributed by atoms with E-state index in [1.54, 1.807) is 17.3 Å². The van der Waals surface area contributed by atoms with Crippen LogP contribution in [0.1, 0.15) is 47.8 Å². The molecule has 1 fully saturated rings. The average Bonchev–Trinajstić information content (AvgIpc) is 3.20. The molecule has 2 aromatic rings. The largest absolute Gasteiger partial charge is 0.352 e. The number of nitrogens with one attached hydrogen (secondary N) is 1. The van der Waals surface area contributed by atoms with Crippen LogP contribution in [0.4, 0.5) is 0 Å². The van der Waals surface area contributed by atoms with Gasteiger partial charge in [-0.25, -0.2) is 0 Å². The molecule has 0 aromatic carbocycles. The number of carbonyl (C=O) groups excluding carboxylic acids is 2. The first-order chi connectivity index (χ1) is 12.6. The minimum atomic E-state index is -0.0529. The third-order valence-electron chi connectivity index (χ3n) is 4.57. The van der Waals surface area contributed by atoms with Crippen LogP contribution in [0, 0.1) is 6.92 Å². The van der Waals surface area contributed by atoms with Crippen LogP contribution < -0.4 is 5.32 Å². The van der Waals surface area contributed by atoms with Crippen molar-refractivity contribution >= 4 is 11.8 Å². The molecule has 0 spiro atoms. The lowest BCUT2D eigenvalue weighted by Gasteiger charge is -2.25. The molecule has 1 N–H and O–H groups in total. The second-order valence-electron chi connectivity index (χ2n) is 6.74. The predicted molar refractivity (Wildman–Crippen MR) is 97.4 cm³/mol. The molecule has 1 atom stereocenters. The SMILES string of the molecule is CCCn1cc(C(=O)N(Cc2ccncc2)C[C@@H]2CCC(=O)N2)c(C)n1. The van der Waals surface area contributed by atoms with Gasteiger partial charge in [-0.2, -0.15) is 5.10 Å². The highest BCUT2D eigenvalue weighted by atomic mass is 16.2. The molecule has 0 radical (unpaired) electrons. The Bertz CT molecular complexity index is 771. The summed E-state index contributed by atoms with van der Waals surface area (Å²) in [4.78, 5) is 30.6. The lowest BCUT2D eigenvalue weighted by molar-refractivity contribution is -0.119. The van der Waals surface area contributed by atoms with E-state index in [2.05, 4.69) is 22.3 Å². The van der Waals surface area contributed by atoms with Crippen LogP contribution in [0.15, 0.2) is 30.7 Å². The normalized spacial score (nSPS) is 16.5. The number of amides is 2. The fourth-order valence-corrected chi connectivity index (χ4v) is 3.25. The molecule has 0 aliphatic carbocycles. The summed E-state index contributed by atoms with van der Waals surface area (Å²) >= 11 is 0. The second-order valence-corrected chi connectivity index (χ2v) is 6.74. The van der Waals surface area contributed by atoms with Gasteiger partial charge in [0, 0.05) is 50.7 Å². The fraction of sp³-hybridized carbons (Fsp3) is 0.474. The summed E-state index contributed by atoms with van der Waals surface area (Å²) in [6, 6.07) is 3.81. The average molecular weight is 355 g/mol. The van der Waals surface area contributed by atoms with Crippen LogP contribution >= 0.6 is 0 Å². The molecule has 138 valence electrons. The first-order valence-corrected chi connectivity index (χ1v) is 9.08. The summed E-state index contributed by atoms with van der Waals surface area (Å²) in [7, 11) is 0. The Labute approximate surface area is 153 Å². The highest BCUT2D eigenvalue weighted by Gasteiger charge is 2.27. The molecule has 7 nitrogen and oxygen atoms in total. The zero-order valence-electron chi connectivity index (χ0n) is 15.3. The van der Waals surface area contributed by atoms with Gasteiger partial charge in [0.15, 0.2) is 0 Å². The van der Waals surface area contributed by atoms with Crippen LogP contribution in [-0.4, -0.2) is 44.1 Å². The van der Waals surface area contributed by atoms with Crippen molar-refractivity contribution in [3.63, 3.8) is 0 Å². The zero-order valence-corrected chi connectivity index (χ0v) is 15.3. The lowest BCUT2D eigenvalue weighted by atomic mass is 10.1. The molecule has 7 heteroatoms. The Balaban J connectivity index is 1.81. The topological polar surface area (TPSA) is 80.1 Å². The monoisotopic (exact) mass is 355 g/mol. The number of hydrogen-bond donors (Lipinski definition) is 1. The number of carbonyl (C=O) groups is 2. The van der Waals surface area contributed by atoms with E-state index in [1.807, 2.05) is 29.9 Å². The number of aromatic nitrogens is 3. The van der Waals surface area contributed by atoms with Crippen molar-refractivity contribution in [2.75, 3.05) is 6.54 Å². The fourth-order valence-electron chi connectivity index (χ4n) is 3.25. The van der Waals surface area contributed by atoms with E-state index in [4.69, 9.17) is 0 Å². The quantitative estimate of drug-likeness (QED) is 0.823. The standard InChI is InChI=1S/C19H25N5O2/c1-3-10-24-13-17(14(2)22-24)19(26)23(11-15-6-8-20-9-7-15)12-16-4-5-18(25)21-16/h6-9,13,16H,3-5,10-12H2,1-2H3,(H,21,25)/t16-/m0/s1. The summed E-state index contributed by atoms with van der Waals surface area (Å²) in [5.74, 6) is 0.000991. The van der Waals surface area contributed by atoms with Gasteiger partial charge in [0.1, 0.15) is 0 Å². The molecule has 0 saturated carbocycles. The van der Waals surface area contributed by atoms with Crippen molar-refractivity contribution in [1.29, 1.82) is 0 Å². The van der Waals surface area contributed by atoms with E-state index in [9.17, 15) is 9.59 Å². The van der Waals surface area contributed by atoms with Crippen molar-refractivity contribution in [2.24, 2.45) is 0 Å². The van der Waals surface area contributed by atoms with E-state index < -0.39 is 0 Å². The summed E-state index contributed by atoms with van der Waals surface area (Å²) in [6.07, 6.45) is 7.51. The highest BCUT2D eigenvalue weighted by molar-refractivity contribution is 5.95. The van der Waals surface area contributed by atoms with Crippen LogP contribution in [-0.2, 0) is 17.9 Å². The summed E-state index contributed by atoms with van der Waals surface area (Å²) in [6.45, 7) is 5.70. The first kappa shape index (κ1) is 18.1. The number of rotatable bonds is 7. The summed E-state index contributed by atoms with van der Waals surface area (Å²) in [5, 5.41) is 7.39. The van der Waals surface area contributed by atoms with Gasteiger partial charge in [0.2, 0.25) is 5.91 Å². The minimum absolute atomic E-state index is 0.000667. The van der Waals surface area contributed by atoms with Gasteiger partial charge >= 0.3 is 0 Å². The van der Waals surface area contributed by atoms with E-state index in [0.717, 1.165) is 30.6 Å². The molecular formula is C19H25N5O2. The molecule has 1 aliphatic heterocycles. The number of hydrogen-bond acceptors (Lipinski definition) is 4. The third-order valence-corrected chi connectivity index (χ3v) is 4.57. The van der Waals surface area contributed by atoms with Crippen molar-refractivity contribution < 1.29 is 9.59 Å². The van der Waals surface area contributed by atoms with Crippen LogP contribution in [0.2, 0.25) is 0 Å². The maximum atomic E-state index is 13.2. The third kappa shape index (κ3) is 4.28. The number of nitrogens with zero attached hydrogens (tertiary/aromatic N) is 4. The minimum Gasteiger partial charge on any atom is -0.352 e. The molecule has 2 aromatic heterocycles. The van der Waals surface area contributed by atoms with Gasteiger partial charge < -0.3 is 10.2 Å². The molecule has 0 unspecified atom stereocenters. The van der Waals surface area contributed by atoms with Crippen molar-refractivity contribution in [2.45, 2.75) is 52.2 Å². The molecule has 1 saturated heterocycles.